The number of rotatable bonds is 4. The van der Waals surface area contributed by atoms with Crippen molar-refractivity contribution in [3.8, 4) is 0 Å². The van der Waals surface area contributed by atoms with E-state index < -0.39 is 29.8 Å². The van der Waals surface area contributed by atoms with Crippen LogP contribution < -0.4 is 16.8 Å². The van der Waals surface area contributed by atoms with E-state index in [1.54, 1.807) is 0 Å². The van der Waals surface area contributed by atoms with Crippen LogP contribution in [0.25, 0.3) is 0 Å². The average Bonchev–Trinajstić information content (AvgIpc) is 2.35. The van der Waals surface area contributed by atoms with Crippen LogP contribution in [0.2, 0.25) is 0 Å². The second-order valence-corrected chi connectivity index (χ2v) is 3.92. The second kappa shape index (κ2) is 44.7. The van der Waals surface area contributed by atoms with Crippen LogP contribution in [-0.4, -0.2) is 119 Å². The van der Waals surface area contributed by atoms with Gasteiger partial charge in [-0.1, -0.05) is 0 Å². The Morgan fingerprint density at radius 3 is 0.750 bits per heavy atom. The number of aliphatic carboxylic acids is 5. The van der Waals surface area contributed by atoms with E-state index in [1.165, 1.54) is 0 Å². The molecular weight excluding hydrogens is 410 g/mol. The van der Waals surface area contributed by atoms with E-state index >= 15 is 0 Å². The number of nitrogens with two attached hydrogens (primary N) is 2. The molecule has 0 spiro atoms. The summed E-state index contributed by atoms with van der Waals surface area (Å²) in [5.41, 5.74) is 10.3. The SMILES string of the molecule is CC(=O)O.CC(=O)O.CC(=O)O.CC(=O)O.CC(=O)O.NCCNCCN.[CaH2]. The third-order valence-corrected chi connectivity index (χ3v) is 0.642. The van der Waals surface area contributed by atoms with Crippen LogP contribution in [0.3, 0.4) is 0 Å². The van der Waals surface area contributed by atoms with Crippen molar-refractivity contribution in [1.29, 1.82) is 0 Å². The summed E-state index contributed by atoms with van der Waals surface area (Å²) in [6.45, 7) is 8.55. The van der Waals surface area contributed by atoms with E-state index in [-0.39, 0.29) is 37.7 Å². The van der Waals surface area contributed by atoms with Crippen molar-refractivity contribution < 1.29 is 49.5 Å². The van der Waals surface area contributed by atoms with Crippen molar-refractivity contribution in [2.75, 3.05) is 26.2 Å². The number of carboxylic acids is 5. The molecule has 0 aromatic rings. The first-order valence-corrected chi connectivity index (χ1v) is 7.16. The molecule has 10 N–H and O–H groups in total. The summed E-state index contributed by atoms with van der Waals surface area (Å²) in [4.78, 5) is 45.0. The van der Waals surface area contributed by atoms with Gasteiger partial charge < -0.3 is 42.3 Å². The van der Waals surface area contributed by atoms with Gasteiger partial charge in [-0.2, -0.15) is 0 Å². The van der Waals surface area contributed by atoms with Crippen LogP contribution in [0.1, 0.15) is 34.6 Å². The Bertz CT molecular complexity index is 289. The minimum atomic E-state index is -0.833. The molecule has 0 aliphatic heterocycles. The Kier molecular flexibility index (Phi) is 72.4. The van der Waals surface area contributed by atoms with Crippen LogP contribution >= 0.6 is 0 Å². The molecule has 0 unspecified atom stereocenters. The zero-order valence-corrected chi connectivity index (χ0v) is 16.3. The third kappa shape index (κ3) is 2180. The zero-order chi connectivity index (χ0) is 23.4. The normalized spacial score (nSPS) is 6.82. The Hall–Kier alpha value is -1.51. The maximum absolute atomic E-state index is 9.00. The molecule has 0 aliphatic rings. The fourth-order valence-corrected chi connectivity index (χ4v) is 0.329. The fraction of sp³-hybridized carbons (Fsp3) is 0.643. The molecule has 0 aromatic carbocycles. The number of hydrogen-bond donors (Lipinski definition) is 8. The maximum atomic E-state index is 9.00. The second-order valence-electron chi connectivity index (χ2n) is 3.92. The standard InChI is InChI=1S/C4H13N3.5C2H4O2.Ca.2H/c5-1-3-7-4-2-6;5*1-2(3)4;;;/h7H,1-6H2;5*1H3,(H,3,4);;;. The summed E-state index contributed by atoms with van der Waals surface area (Å²) in [7, 11) is 0. The van der Waals surface area contributed by atoms with Crippen molar-refractivity contribution in [2.45, 2.75) is 34.6 Å². The van der Waals surface area contributed by atoms with Crippen molar-refractivity contribution in [2.24, 2.45) is 11.5 Å². The van der Waals surface area contributed by atoms with Gasteiger partial charge in [-0.15, -0.1) is 0 Å². The van der Waals surface area contributed by atoms with Gasteiger partial charge in [0.15, 0.2) is 0 Å². The molecule has 0 rings (SSSR count). The van der Waals surface area contributed by atoms with Gasteiger partial charge in [0.25, 0.3) is 29.8 Å². The van der Waals surface area contributed by atoms with E-state index in [4.69, 9.17) is 61.0 Å². The molecular formula is C14H35CaN3O10. The summed E-state index contributed by atoms with van der Waals surface area (Å²) in [6.07, 6.45) is 0. The number of carbonyl (C=O) groups is 5. The molecule has 0 bridgehead atoms. The molecule has 0 radical (unpaired) electrons. The van der Waals surface area contributed by atoms with Gasteiger partial charge in [0.05, 0.1) is 0 Å². The molecule has 0 saturated carbocycles. The van der Waals surface area contributed by atoms with Gasteiger partial charge in [-0.3, -0.25) is 24.0 Å². The van der Waals surface area contributed by atoms with Gasteiger partial charge in [-0.05, 0) is 0 Å². The molecule has 0 saturated heterocycles. The molecule has 168 valence electrons. The Balaban J connectivity index is -0.0000000382. The van der Waals surface area contributed by atoms with Gasteiger partial charge in [0.1, 0.15) is 0 Å². The van der Waals surface area contributed by atoms with Gasteiger partial charge in [0, 0.05) is 60.8 Å². The van der Waals surface area contributed by atoms with E-state index in [0.717, 1.165) is 47.7 Å². The molecule has 28 heavy (non-hydrogen) atoms. The van der Waals surface area contributed by atoms with E-state index in [2.05, 4.69) is 5.32 Å². The van der Waals surface area contributed by atoms with Crippen LogP contribution in [-0.2, 0) is 24.0 Å². The fourth-order valence-electron chi connectivity index (χ4n) is 0.329. The molecule has 14 heteroatoms. The molecule has 0 aliphatic carbocycles. The summed E-state index contributed by atoms with van der Waals surface area (Å²) >= 11 is 0. The molecule has 0 heterocycles. The van der Waals surface area contributed by atoms with E-state index in [1.807, 2.05) is 0 Å². The van der Waals surface area contributed by atoms with Crippen molar-refractivity contribution in [3.05, 3.63) is 0 Å². The zero-order valence-electron chi connectivity index (χ0n) is 16.3. The molecule has 0 aromatic heterocycles. The molecule has 0 atom stereocenters. The first-order chi connectivity index (χ1) is 12.1. The summed E-state index contributed by atoms with van der Waals surface area (Å²) in [6, 6.07) is 0. The van der Waals surface area contributed by atoms with Crippen LogP contribution in [0.5, 0.6) is 0 Å². The van der Waals surface area contributed by atoms with Crippen LogP contribution in [0.4, 0.5) is 0 Å². The van der Waals surface area contributed by atoms with Crippen molar-refractivity contribution in [3.63, 3.8) is 0 Å². The van der Waals surface area contributed by atoms with E-state index in [9.17, 15) is 0 Å². The van der Waals surface area contributed by atoms with Crippen molar-refractivity contribution in [1.82, 2.24) is 5.32 Å². The molecule has 13 nitrogen and oxygen atoms in total. The number of carboxylic acid groups (broad SMARTS) is 5. The Morgan fingerprint density at radius 1 is 0.571 bits per heavy atom. The number of hydrogen-bond acceptors (Lipinski definition) is 8. The van der Waals surface area contributed by atoms with Crippen LogP contribution in [0.15, 0.2) is 0 Å². The van der Waals surface area contributed by atoms with Gasteiger partial charge in [-0.25, -0.2) is 0 Å². The topological polar surface area (TPSA) is 251 Å². The van der Waals surface area contributed by atoms with Crippen molar-refractivity contribution >= 4 is 67.6 Å². The van der Waals surface area contributed by atoms with Gasteiger partial charge >= 0.3 is 37.7 Å². The monoisotopic (exact) mass is 445 g/mol. The van der Waals surface area contributed by atoms with E-state index in [0.29, 0.717) is 13.1 Å². The third-order valence-electron chi connectivity index (χ3n) is 0.642. The first kappa shape index (κ1) is 45.3. The molecule has 0 fully saturated rings. The summed E-state index contributed by atoms with van der Waals surface area (Å²) < 4.78 is 0. The Morgan fingerprint density at radius 2 is 0.679 bits per heavy atom. The first-order valence-electron chi connectivity index (χ1n) is 7.16. The predicted octanol–water partition coefficient (Wildman–Crippen LogP) is -1.97. The molecule has 0 amide bonds. The summed E-state index contributed by atoms with van der Waals surface area (Å²) in [5.74, 6) is -4.17. The minimum absolute atomic E-state index is 0. The van der Waals surface area contributed by atoms with Crippen LogP contribution in [0, 0.1) is 0 Å². The average molecular weight is 446 g/mol. The number of nitrogens with one attached hydrogen (secondary N) is 1. The van der Waals surface area contributed by atoms with Gasteiger partial charge in [0.2, 0.25) is 0 Å². The predicted molar refractivity (Wildman–Crippen MR) is 106 cm³/mol. The quantitative estimate of drug-likeness (QED) is 0.173. The Labute approximate surface area is 194 Å². The summed E-state index contributed by atoms with van der Waals surface area (Å²) in [5, 5.41) is 40.1.